The number of thiophene rings is 1. The number of benzene rings is 2. The quantitative estimate of drug-likeness (QED) is 0.283. The minimum atomic E-state index is -0.876. The number of carbonyl (C=O) groups excluding carboxylic acids is 2. The number of esters is 1. The van der Waals surface area contributed by atoms with Gasteiger partial charge < -0.3 is 14.5 Å². The highest BCUT2D eigenvalue weighted by Gasteiger charge is 2.43. The van der Waals surface area contributed by atoms with Gasteiger partial charge in [0.15, 0.2) is 11.2 Å². The van der Waals surface area contributed by atoms with Gasteiger partial charge in [0, 0.05) is 46.2 Å². The van der Waals surface area contributed by atoms with E-state index in [9.17, 15) is 14.4 Å². The van der Waals surface area contributed by atoms with Crippen LogP contribution in [0.1, 0.15) is 53.2 Å². The van der Waals surface area contributed by atoms with Gasteiger partial charge in [0.1, 0.15) is 5.58 Å². The SMILES string of the molecule is CC1=C(C(=O)OCCc2ccccc2)[C@@H](c2coc3ccc(C)cc3c2=O)C2=C(C[C@@H](c3cccs3)CC2=O)N1. The molecule has 0 saturated heterocycles. The van der Waals surface area contributed by atoms with Gasteiger partial charge in [0.25, 0.3) is 0 Å². The Morgan fingerprint density at radius 3 is 2.65 bits per heavy atom. The Balaban J connectivity index is 1.42. The van der Waals surface area contributed by atoms with Crippen molar-refractivity contribution in [3.8, 4) is 0 Å². The average molecular weight is 552 g/mol. The molecule has 6 nitrogen and oxygen atoms in total. The van der Waals surface area contributed by atoms with Crippen molar-refractivity contribution < 1.29 is 18.7 Å². The van der Waals surface area contributed by atoms with Crippen molar-refractivity contribution in [1.29, 1.82) is 0 Å². The van der Waals surface area contributed by atoms with Crippen LogP contribution in [-0.2, 0) is 20.7 Å². The maximum atomic E-state index is 13.9. The first-order valence-electron chi connectivity index (χ1n) is 13.4. The van der Waals surface area contributed by atoms with E-state index in [0.29, 0.717) is 41.5 Å². The van der Waals surface area contributed by atoms with Gasteiger partial charge in [-0.05, 0) is 49.4 Å². The summed E-state index contributed by atoms with van der Waals surface area (Å²) in [7, 11) is 0. The van der Waals surface area contributed by atoms with E-state index in [4.69, 9.17) is 9.15 Å². The largest absolute Gasteiger partial charge is 0.464 e. The van der Waals surface area contributed by atoms with Gasteiger partial charge in [0.2, 0.25) is 0 Å². The third-order valence-corrected chi connectivity index (χ3v) is 8.76. The van der Waals surface area contributed by atoms with Gasteiger partial charge in [-0.1, -0.05) is 48.0 Å². The van der Waals surface area contributed by atoms with Crippen LogP contribution in [0.2, 0.25) is 0 Å². The Hall–Kier alpha value is -4.23. The maximum absolute atomic E-state index is 13.9. The molecule has 0 amide bonds. The van der Waals surface area contributed by atoms with Crippen LogP contribution < -0.4 is 10.7 Å². The summed E-state index contributed by atoms with van der Waals surface area (Å²) >= 11 is 1.63. The number of ether oxygens (including phenoxy) is 1. The number of rotatable bonds is 6. The highest BCUT2D eigenvalue weighted by molar-refractivity contribution is 7.10. The molecule has 202 valence electrons. The minimum Gasteiger partial charge on any atom is -0.464 e. The van der Waals surface area contributed by atoms with Crippen LogP contribution in [0.15, 0.2) is 104 Å². The zero-order chi connectivity index (χ0) is 27.8. The lowest BCUT2D eigenvalue weighted by atomic mass is 9.73. The molecule has 7 heteroatoms. The Morgan fingerprint density at radius 2 is 1.88 bits per heavy atom. The summed E-state index contributed by atoms with van der Waals surface area (Å²) in [5, 5.41) is 5.79. The molecule has 0 spiro atoms. The van der Waals surface area contributed by atoms with Gasteiger partial charge in [-0.25, -0.2) is 4.79 Å². The molecule has 0 fully saturated rings. The van der Waals surface area contributed by atoms with Crippen LogP contribution in [0.4, 0.5) is 0 Å². The Labute approximate surface area is 236 Å². The predicted octanol–water partition coefficient (Wildman–Crippen LogP) is 6.31. The predicted molar refractivity (Wildman–Crippen MR) is 155 cm³/mol. The number of aryl methyl sites for hydroxylation is 1. The second kappa shape index (κ2) is 10.7. The molecule has 3 heterocycles. The minimum absolute atomic E-state index is 0.0437. The Bertz CT molecular complexity index is 1730. The Morgan fingerprint density at radius 1 is 1.05 bits per heavy atom. The second-order valence-corrected chi connectivity index (χ2v) is 11.4. The number of nitrogens with one attached hydrogen (secondary N) is 1. The monoisotopic (exact) mass is 551 g/mol. The van der Waals surface area contributed by atoms with Crippen molar-refractivity contribution in [2.75, 3.05) is 6.61 Å². The molecule has 40 heavy (non-hydrogen) atoms. The number of hydrogen-bond acceptors (Lipinski definition) is 7. The number of ketones is 1. The van der Waals surface area contributed by atoms with Gasteiger partial charge in [-0.2, -0.15) is 0 Å². The Kier molecular flexibility index (Phi) is 6.98. The van der Waals surface area contributed by atoms with Crippen LogP contribution in [0.25, 0.3) is 11.0 Å². The molecule has 2 aromatic carbocycles. The van der Waals surface area contributed by atoms with Crippen molar-refractivity contribution in [1.82, 2.24) is 5.32 Å². The van der Waals surface area contributed by atoms with Crippen molar-refractivity contribution in [2.45, 2.75) is 44.9 Å². The summed E-state index contributed by atoms with van der Waals surface area (Å²) in [6.45, 7) is 3.89. The molecule has 0 radical (unpaired) electrons. The summed E-state index contributed by atoms with van der Waals surface area (Å²) in [4.78, 5) is 42.5. The third kappa shape index (κ3) is 4.82. The highest BCUT2D eigenvalue weighted by atomic mass is 32.1. The molecule has 2 aliphatic rings. The van der Waals surface area contributed by atoms with E-state index in [0.717, 1.165) is 21.7 Å². The normalized spacial score (nSPS) is 19.0. The van der Waals surface area contributed by atoms with E-state index >= 15 is 0 Å². The number of Topliss-reactive ketones (excluding diaryl/α,β-unsaturated/α-hetero) is 1. The molecule has 4 aromatic rings. The number of hydrogen-bond donors (Lipinski definition) is 1. The van der Waals surface area contributed by atoms with Crippen molar-refractivity contribution in [3.63, 3.8) is 0 Å². The van der Waals surface area contributed by atoms with Crippen LogP contribution in [0.5, 0.6) is 0 Å². The number of allylic oxidation sites excluding steroid dienone is 3. The van der Waals surface area contributed by atoms with E-state index in [2.05, 4.69) is 5.32 Å². The van der Waals surface area contributed by atoms with Crippen molar-refractivity contribution >= 4 is 34.1 Å². The molecule has 1 N–H and O–H groups in total. The fourth-order valence-electron chi connectivity index (χ4n) is 5.79. The fourth-order valence-corrected chi connectivity index (χ4v) is 6.62. The van der Waals surface area contributed by atoms with Crippen LogP contribution in [0, 0.1) is 6.92 Å². The standard InChI is InChI=1S/C33H29NO5S/c1-19-10-11-27-23(15-19)32(36)24(18-39-27)30-29(33(37)38-13-12-21-7-4-3-5-8-21)20(2)34-25-16-22(17-26(35)31(25)30)28-9-6-14-40-28/h3-11,14-15,18,22,30,34H,12-13,16-17H2,1-2H3/t22-,30-/m1/s1. The van der Waals surface area contributed by atoms with Gasteiger partial charge in [-0.15, -0.1) is 11.3 Å². The van der Waals surface area contributed by atoms with Gasteiger partial charge in [-0.3, -0.25) is 9.59 Å². The smallest absolute Gasteiger partial charge is 0.336 e. The van der Waals surface area contributed by atoms with Gasteiger partial charge in [0.05, 0.1) is 29.7 Å². The van der Waals surface area contributed by atoms with Crippen molar-refractivity contribution in [2.24, 2.45) is 0 Å². The van der Waals surface area contributed by atoms with Gasteiger partial charge >= 0.3 is 5.97 Å². The molecule has 6 rings (SSSR count). The first-order chi connectivity index (χ1) is 19.4. The average Bonchev–Trinajstić information content (AvgIpc) is 3.49. The van der Waals surface area contributed by atoms with E-state index in [1.807, 2.05) is 60.8 Å². The van der Waals surface area contributed by atoms with Crippen LogP contribution in [-0.4, -0.2) is 18.4 Å². The first-order valence-corrected chi connectivity index (χ1v) is 14.3. The fraction of sp³-hybridized carbons (Fsp3) is 0.242. The maximum Gasteiger partial charge on any atom is 0.336 e. The van der Waals surface area contributed by atoms with E-state index < -0.39 is 11.9 Å². The molecule has 1 aliphatic heterocycles. The number of fused-ring (bicyclic) bond motifs is 1. The van der Waals surface area contributed by atoms with Crippen LogP contribution in [0.3, 0.4) is 0 Å². The molecule has 0 unspecified atom stereocenters. The molecular formula is C33H29NO5S. The topological polar surface area (TPSA) is 85.6 Å². The lowest BCUT2D eigenvalue weighted by Crippen LogP contribution is -2.37. The zero-order valence-corrected chi connectivity index (χ0v) is 23.2. The molecule has 1 aliphatic carbocycles. The molecular weight excluding hydrogens is 522 g/mol. The first kappa shape index (κ1) is 26.0. The molecule has 0 bridgehead atoms. The lowest BCUT2D eigenvalue weighted by Gasteiger charge is -2.36. The number of dihydropyridines is 1. The van der Waals surface area contributed by atoms with E-state index in [1.54, 1.807) is 30.4 Å². The summed E-state index contributed by atoms with van der Waals surface area (Å²) < 4.78 is 11.6. The number of carbonyl (C=O) groups is 2. The third-order valence-electron chi connectivity index (χ3n) is 7.73. The summed E-state index contributed by atoms with van der Waals surface area (Å²) in [5.41, 5.74) is 4.51. The van der Waals surface area contributed by atoms with E-state index in [1.165, 1.54) is 6.26 Å². The van der Waals surface area contributed by atoms with E-state index in [-0.39, 0.29) is 34.9 Å². The van der Waals surface area contributed by atoms with Crippen molar-refractivity contribution in [3.05, 3.63) is 127 Å². The summed E-state index contributed by atoms with van der Waals surface area (Å²) in [6, 6.07) is 19.2. The zero-order valence-electron chi connectivity index (χ0n) is 22.4. The molecule has 2 aromatic heterocycles. The highest BCUT2D eigenvalue weighted by Crippen LogP contribution is 2.46. The summed E-state index contributed by atoms with van der Waals surface area (Å²) in [5.74, 6) is -1.46. The second-order valence-electron chi connectivity index (χ2n) is 10.4. The molecule has 2 atom stereocenters. The molecule has 0 saturated carbocycles. The summed E-state index contributed by atoms with van der Waals surface area (Å²) in [6.07, 6.45) is 2.89. The lowest BCUT2D eigenvalue weighted by molar-refractivity contribution is -0.139. The van der Waals surface area contributed by atoms with Crippen LogP contribution >= 0.6 is 11.3 Å².